The SMILES string of the molecule is COc1cc(NC(=O)c2cc3c(s2)-c2ccccc2CC3)c(C(N)=O)cc1OC. The van der Waals surface area contributed by atoms with Gasteiger partial charge in [0.25, 0.3) is 11.8 Å². The van der Waals surface area contributed by atoms with E-state index in [0.29, 0.717) is 16.4 Å². The summed E-state index contributed by atoms with van der Waals surface area (Å²) in [5.41, 5.74) is 9.58. The first-order valence-corrected chi connectivity index (χ1v) is 9.91. The summed E-state index contributed by atoms with van der Waals surface area (Å²) in [6, 6.07) is 13.2. The molecule has 148 valence electrons. The number of methoxy groups -OCH3 is 2. The smallest absolute Gasteiger partial charge is 0.265 e. The predicted molar refractivity (Wildman–Crippen MR) is 113 cm³/mol. The van der Waals surface area contributed by atoms with Crippen LogP contribution in [-0.2, 0) is 12.8 Å². The van der Waals surface area contributed by atoms with Crippen LogP contribution in [0.3, 0.4) is 0 Å². The van der Waals surface area contributed by atoms with Crippen LogP contribution < -0.4 is 20.5 Å². The molecule has 0 radical (unpaired) electrons. The summed E-state index contributed by atoms with van der Waals surface area (Å²) >= 11 is 1.45. The molecule has 2 amide bonds. The van der Waals surface area contributed by atoms with E-state index in [9.17, 15) is 9.59 Å². The molecule has 0 fully saturated rings. The van der Waals surface area contributed by atoms with Crippen molar-refractivity contribution in [2.75, 3.05) is 19.5 Å². The van der Waals surface area contributed by atoms with Crippen molar-refractivity contribution in [3.63, 3.8) is 0 Å². The third kappa shape index (κ3) is 3.45. The highest BCUT2D eigenvalue weighted by atomic mass is 32.1. The van der Waals surface area contributed by atoms with Gasteiger partial charge >= 0.3 is 0 Å². The van der Waals surface area contributed by atoms with Crippen molar-refractivity contribution in [1.29, 1.82) is 0 Å². The number of thiophene rings is 1. The zero-order valence-corrected chi connectivity index (χ0v) is 16.9. The van der Waals surface area contributed by atoms with E-state index in [1.165, 1.54) is 48.3 Å². The lowest BCUT2D eigenvalue weighted by Gasteiger charge is -2.15. The Morgan fingerprint density at radius 2 is 1.69 bits per heavy atom. The molecular formula is C22H20N2O4S. The molecule has 1 heterocycles. The van der Waals surface area contributed by atoms with Crippen LogP contribution >= 0.6 is 11.3 Å². The summed E-state index contributed by atoms with van der Waals surface area (Å²) < 4.78 is 10.5. The molecule has 0 saturated carbocycles. The second-order valence-electron chi connectivity index (χ2n) is 6.69. The Labute approximate surface area is 172 Å². The standard InChI is InChI=1S/C22H20N2O4S/c1-27-17-10-15(21(23)25)16(11-18(17)28-2)24-22(26)19-9-13-8-7-12-5-3-4-6-14(12)20(13)29-19/h3-6,9-11H,7-8H2,1-2H3,(H2,23,25)(H,24,26). The molecule has 3 N–H and O–H groups in total. The minimum atomic E-state index is -0.666. The lowest BCUT2D eigenvalue weighted by atomic mass is 9.91. The molecular weight excluding hydrogens is 388 g/mol. The van der Waals surface area contributed by atoms with Gasteiger partial charge in [-0.05, 0) is 41.7 Å². The van der Waals surface area contributed by atoms with E-state index < -0.39 is 5.91 Å². The zero-order chi connectivity index (χ0) is 20.5. The van der Waals surface area contributed by atoms with Gasteiger partial charge in [0.1, 0.15) is 0 Å². The van der Waals surface area contributed by atoms with Gasteiger partial charge in [0.2, 0.25) is 0 Å². The quantitative estimate of drug-likeness (QED) is 0.670. The third-order valence-corrected chi connectivity index (χ3v) is 6.21. The van der Waals surface area contributed by atoms with Crippen LogP contribution in [0.4, 0.5) is 5.69 Å². The van der Waals surface area contributed by atoms with Crippen LogP contribution in [-0.4, -0.2) is 26.0 Å². The molecule has 1 aliphatic carbocycles. The number of hydrogen-bond donors (Lipinski definition) is 2. The van der Waals surface area contributed by atoms with Gasteiger partial charge in [-0.3, -0.25) is 9.59 Å². The minimum Gasteiger partial charge on any atom is -0.493 e. The Morgan fingerprint density at radius 3 is 2.41 bits per heavy atom. The first kappa shape index (κ1) is 19.0. The molecule has 4 rings (SSSR count). The van der Waals surface area contributed by atoms with E-state index in [-0.39, 0.29) is 17.2 Å². The number of carbonyl (C=O) groups is 2. The van der Waals surface area contributed by atoms with Crippen molar-refractivity contribution in [1.82, 2.24) is 0 Å². The Balaban J connectivity index is 1.68. The Hall–Kier alpha value is -3.32. The predicted octanol–water partition coefficient (Wildman–Crippen LogP) is 3.88. The van der Waals surface area contributed by atoms with Crippen LogP contribution in [0.2, 0.25) is 0 Å². The molecule has 0 aliphatic heterocycles. The topological polar surface area (TPSA) is 90.6 Å². The fourth-order valence-corrected chi connectivity index (χ4v) is 4.72. The molecule has 0 unspecified atom stereocenters. The summed E-state index contributed by atoms with van der Waals surface area (Å²) in [5.74, 6) is -0.202. The lowest BCUT2D eigenvalue weighted by Crippen LogP contribution is -2.18. The van der Waals surface area contributed by atoms with Crippen molar-refractivity contribution in [3.05, 3.63) is 64.0 Å². The fraction of sp³-hybridized carbons (Fsp3) is 0.182. The average Bonchev–Trinajstić information content (AvgIpc) is 3.18. The Morgan fingerprint density at radius 1 is 1.00 bits per heavy atom. The van der Waals surface area contributed by atoms with Gasteiger partial charge in [-0.2, -0.15) is 0 Å². The maximum atomic E-state index is 12.9. The maximum Gasteiger partial charge on any atom is 0.265 e. The highest BCUT2D eigenvalue weighted by Gasteiger charge is 2.23. The van der Waals surface area contributed by atoms with Gasteiger partial charge in [0.05, 0.1) is 30.3 Å². The normalized spacial score (nSPS) is 11.9. The molecule has 29 heavy (non-hydrogen) atoms. The van der Waals surface area contributed by atoms with Crippen molar-refractivity contribution >= 4 is 28.8 Å². The van der Waals surface area contributed by atoms with Gasteiger partial charge in [0.15, 0.2) is 11.5 Å². The third-order valence-electron chi connectivity index (χ3n) is 5.00. The number of carbonyl (C=O) groups excluding carboxylic acids is 2. The van der Waals surface area contributed by atoms with Crippen molar-refractivity contribution in [3.8, 4) is 21.9 Å². The van der Waals surface area contributed by atoms with Gasteiger partial charge in [-0.15, -0.1) is 11.3 Å². The number of amides is 2. The number of nitrogens with two attached hydrogens (primary N) is 1. The van der Waals surface area contributed by atoms with Crippen LogP contribution in [0.15, 0.2) is 42.5 Å². The van der Waals surface area contributed by atoms with E-state index in [1.54, 1.807) is 6.07 Å². The lowest BCUT2D eigenvalue weighted by molar-refractivity contribution is 0.100. The van der Waals surface area contributed by atoms with E-state index in [0.717, 1.165) is 17.7 Å². The van der Waals surface area contributed by atoms with Gasteiger partial charge < -0.3 is 20.5 Å². The molecule has 0 saturated heterocycles. The minimum absolute atomic E-state index is 0.155. The van der Waals surface area contributed by atoms with Gasteiger partial charge in [-0.1, -0.05) is 24.3 Å². The van der Waals surface area contributed by atoms with E-state index in [2.05, 4.69) is 17.4 Å². The summed E-state index contributed by atoms with van der Waals surface area (Å²) in [4.78, 5) is 26.5. The van der Waals surface area contributed by atoms with Crippen LogP contribution in [0.5, 0.6) is 11.5 Å². The molecule has 0 spiro atoms. The highest BCUT2D eigenvalue weighted by molar-refractivity contribution is 7.17. The number of nitrogens with one attached hydrogen (secondary N) is 1. The van der Waals surface area contributed by atoms with Gasteiger partial charge in [0, 0.05) is 10.9 Å². The molecule has 2 aromatic carbocycles. The number of fused-ring (bicyclic) bond motifs is 3. The number of anilines is 1. The summed E-state index contributed by atoms with van der Waals surface area (Å²) in [6.07, 6.45) is 1.86. The monoisotopic (exact) mass is 408 g/mol. The molecule has 0 atom stereocenters. The van der Waals surface area contributed by atoms with E-state index in [1.807, 2.05) is 18.2 Å². The first-order valence-electron chi connectivity index (χ1n) is 9.10. The summed E-state index contributed by atoms with van der Waals surface area (Å²) in [6.45, 7) is 0. The fourth-order valence-electron chi connectivity index (χ4n) is 3.55. The van der Waals surface area contributed by atoms with E-state index >= 15 is 0 Å². The number of primary amides is 1. The first-order chi connectivity index (χ1) is 14.0. The number of benzene rings is 2. The van der Waals surface area contributed by atoms with Crippen LogP contribution in [0, 0.1) is 0 Å². The largest absolute Gasteiger partial charge is 0.493 e. The maximum absolute atomic E-state index is 12.9. The average molecular weight is 408 g/mol. The van der Waals surface area contributed by atoms with E-state index in [4.69, 9.17) is 15.2 Å². The highest BCUT2D eigenvalue weighted by Crippen LogP contribution is 2.40. The molecule has 3 aromatic rings. The molecule has 1 aliphatic rings. The molecule has 6 nitrogen and oxygen atoms in total. The molecule has 7 heteroatoms. The van der Waals surface area contributed by atoms with Crippen LogP contribution in [0.1, 0.15) is 31.2 Å². The van der Waals surface area contributed by atoms with Crippen molar-refractivity contribution in [2.24, 2.45) is 5.73 Å². The van der Waals surface area contributed by atoms with Crippen molar-refractivity contribution in [2.45, 2.75) is 12.8 Å². The van der Waals surface area contributed by atoms with Gasteiger partial charge in [-0.25, -0.2) is 0 Å². The number of aryl methyl sites for hydroxylation is 2. The number of hydrogen-bond acceptors (Lipinski definition) is 5. The van der Waals surface area contributed by atoms with Crippen molar-refractivity contribution < 1.29 is 19.1 Å². The second kappa shape index (κ2) is 7.60. The molecule has 0 bridgehead atoms. The second-order valence-corrected chi connectivity index (χ2v) is 7.75. The number of rotatable bonds is 5. The summed E-state index contributed by atoms with van der Waals surface area (Å²) in [5, 5.41) is 2.80. The van der Waals surface area contributed by atoms with Crippen LogP contribution in [0.25, 0.3) is 10.4 Å². The molecule has 1 aromatic heterocycles. The Bertz CT molecular complexity index is 1120. The summed E-state index contributed by atoms with van der Waals surface area (Å²) in [7, 11) is 2.95. The zero-order valence-electron chi connectivity index (χ0n) is 16.1. The Kier molecular flexibility index (Phi) is 4.98. The number of ether oxygens (including phenoxy) is 2.